The van der Waals surface area contributed by atoms with E-state index in [0.29, 0.717) is 5.56 Å². The second kappa shape index (κ2) is 10.9. The van der Waals surface area contributed by atoms with Gasteiger partial charge < -0.3 is 10.1 Å². The quantitative estimate of drug-likeness (QED) is 0.360. The average Bonchev–Trinajstić information content (AvgIpc) is 3.26. The molecule has 0 aliphatic carbocycles. The smallest absolute Gasteiger partial charge is 0.308 e. The van der Waals surface area contributed by atoms with Crippen LogP contribution < -0.4 is 5.32 Å². The molecule has 2 aromatic carbocycles. The van der Waals surface area contributed by atoms with Crippen molar-refractivity contribution >= 4 is 17.6 Å². The first kappa shape index (κ1) is 23.4. The normalized spacial score (nSPS) is 14.8. The summed E-state index contributed by atoms with van der Waals surface area (Å²) in [7, 11) is 0. The molecule has 2 aromatic rings. The molecule has 0 spiro atoms. The van der Waals surface area contributed by atoms with E-state index < -0.39 is 22.8 Å². The highest BCUT2D eigenvalue weighted by molar-refractivity contribution is 5.95. The number of nitrogens with zero attached hydrogens (tertiary/aromatic N) is 2. The molecule has 1 aliphatic rings. The molecular formula is C24H29N3O5. The SMILES string of the molecule is CC(C)OC(=O)CC(NC(=O)c1cccc(CN2CCCC2)c1)c1ccccc1[N+](=O)[O-]. The predicted molar refractivity (Wildman–Crippen MR) is 120 cm³/mol. The predicted octanol–water partition coefficient (Wildman–Crippen LogP) is 4.00. The van der Waals surface area contributed by atoms with Gasteiger partial charge in [0.1, 0.15) is 0 Å². The highest BCUT2D eigenvalue weighted by atomic mass is 16.6. The van der Waals surface area contributed by atoms with Crippen molar-refractivity contribution in [2.24, 2.45) is 0 Å². The van der Waals surface area contributed by atoms with E-state index in [-0.39, 0.29) is 23.8 Å². The van der Waals surface area contributed by atoms with Crippen LogP contribution in [0.2, 0.25) is 0 Å². The van der Waals surface area contributed by atoms with Crippen molar-refractivity contribution in [2.45, 2.75) is 51.8 Å². The molecule has 3 rings (SSSR count). The molecule has 1 aliphatic heterocycles. The van der Waals surface area contributed by atoms with Crippen molar-refractivity contribution in [2.75, 3.05) is 13.1 Å². The van der Waals surface area contributed by atoms with Gasteiger partial charge in [-0.05, 0) is 57.5 Å². The van der Waals surface area contributed by atoms with Gasteiger partial charge >= 0.3 is 5.97 Å². The molecule has 1 unspecified atom stereocenters. The van der Waals surface area contributed by atoms with Crippen molar-refractivity contribution < 1.29 is 19.2 Å². The highest BCUT2D eigenvalue weighted by Crippen LogP contribution is 2.28. The summed E-state index contributed by atoms with van der Waals surface area (Å²) in [6.45, 7) is 6.32. The van der Waals surface area contributed by atoms with Gasteiger partial charge in [-0.15, -0.1) is 0 Å². The van der Waals surface area contributed by atoms with Crippen LogP contribution in [-0.4, -0.2) is 40.9 Å². The number of nitro benzene ring substituents is 1. The minimum Gasteiger partial charge on any atom is -0.463 e. The minimum atomic E-state index is -0.891. The Morgan fingerprint density at radius 1 is 1.12 bits per heavy atom. The Hall–Kier alpha value is -3.26. The zero-order valence-electron chi connectivity index (χ0n) is 18.5. The summed E-state index contributed by atoms with van der Waals surface area (Å²) in [5.41, 5.74) is 1.58. The third kappa shape index (κ3) is 6.37. The largest absolute Gasteiger partial charge is 0.463 e. The maximum absolute atomic E-state index is 13.1. The van der Waals surface area contributed by atoms with Gasteiger partial charge in [0.25, 0.3) is 11.6 Å². The van der Waals surface area contributed by atoms with Crippen LogP contribution in [0.3, 0.4) is 0 Å². The topological polar surface area (TPSA) is 102 Å². The monoisotopic (exact) mass is 439 g/mol. The van der Waals surface area contributed by atoms with Gasteiger partial charge in [-0.2, -0.15) is 0 Å². The Balaban J connectivity index is 1.82. The number of likely N-dealkylation sites (tertiary alicyclic amines) is 1. The molecule has 8 heteroatoms. The Bertz CT molecular complexity index is 970. The van der Waals surface area contributed by atoms with Gasteiger partial charge in [0.05, 0.1) is 29.1 Å². The molecule has 0 bridgehead atoms. The van der Waals surface area contributed by atoms with Gasteiger partial charge in [0, 0.05) is 18.2 Å². The highest BCUT2D eigenvalue weighted by Gasteiger charge is 2.27. The molecule has 1 N–H and O–H groups in total. The lowest BCUT2D eigenvalue weighted by Crippen LogP contribution is -2.31. The number of nitrogens with one attached hydrogen (secondary N) is 1. The number of carbonyl (C=O) groups is 2. The number of rotatable bonds is 9. The maximum Gasteiger partial charge on any atom is 0.308 e. The van der Waals surface area contributed by atoms with Crippen LogP contribution in [0.1, 0.15) is 60.6 Å². The van der Waals surface area contributed by atoms with Crippen molar-refractivity contribution in [3.63, 3.8) is 0 Å². The Morgan fingerprint density at radius 2 is 1.84 bits per heavy atom. The zero-order valence-corrected chi connectivity index (χ0v) is 18.5. The number of ether oxygens (including phenoxy) is 1. The first-order valence-electron chi connectivity index (χ1n) is 10.9. The third-order valence-corrected chi connectivity index (χ3v) is 5.35. The lowest BCUT2D eigenvalue weighted by atomic mass is 10.0. The Kier molecular flexibility index (Phi) is 7.94. The van der Waals surface area contributed by atoms with Crippen LogP contribution in [0.4, 0.5) is 5.69 Å². The van der Waals surface area contributed by atoms with E-state index in [1.54, 1.807) is 38.1 Å². The van der Waals surface area contributed by atoms with Crippen molar-refractivity contribution in [1.29, 1.82) is 0 Å². The summed E-state index contributed by atoms with van der Waals surface area (Å²) in [6, 6.07) is 12.6. The maximum atomic E-state index is 13.1. The molecule has 32 heavy (non-hydrogen) atoms. The van der Waals surface area contributed by atoms with E-state index in [0.717, 1.165) is 25.2 Å². The van der Waals surface area contributed by atoms with Gasteiger partial charge in [-0.3, -0.25) is 24.6 Å². The van der Waals surface area contributed by atoms with Crippen molar-refractivity contribution in [3.05, 3.63) is 75.3 Å². The summed E-state index contributed by atoms with van der Waals surface area (Å²) in [4.78, 5) is 38.7. The Morgan fingerprint density at radius 3 is 2.53 bits per heavy atom. The fourth-order valence-corrected chi connectivity index (χ4v) is 3.92. The molecule has 1 saturated heterocycles. The van der Waals surface area contributed by atoms with E-state index >= 15 is 0 Å². The van der Waals surface area contributed by atoms with E-state index in [9.17, 15) is 19.7 Å². The van der Waals surface area contributed by atoms with Gasteiger partial charge in [0.2, 0.25) is 0 Å². The summed E-state index contributed by atoms with van der Waals surface area (Å²) >= 11 is 0. The fraction of sp³-hybridized carbons (Fsp3) is 0.417. The number of hydrogen-bond acceptors (Lipinski definition) is 6. The standard InChI is InChI=1S/C24H29N3O5/c1-17(2)32-23(28)15-21(20-10-3-4-11-22(20)27(30)31)25-24(29)19-9-7-8-18(14-19)16-26-12-5-6-13-26/h3-4,7-11,14,17,21H,5-6,12-13,15-16H2,1-2H3,(H,25,29). The minimum absolute atomic E-state index is 0.155. The van der Waals surface area contributed by atoms with Gasteiger partial charge in [-0.1, -0.05) is 30.3 Å². The van der Waals surface area contributed by atoms with E-state index in [4.69, 9.17) is 4.74 Å². The number of nitro groups is 1. The van der Waals surface area contributed by atoms with Crippen LogP contribution in [0, 0.1) is 10.1 Å². The van der Waals surface area contributed by atoms with E-state index in [1.165, 1.54) is 18.9 Å². The molecule has 0 aromatic heterocycles. The molecule has 8 nitrogen and oxygen atoms in total. The summed E-state index contributed by atoms with van der Waals surface area (Å²) in [5, 5.41) is 14.3. The molecular weight excluding hydrogens is 410 g/mol. The number of hydrogen-bond donors (Lipinski definition) is 1. The summed E-state index contributed by atoms with van der Waals surface area (Å²) < 4.78 is 5.22. The summed E-state index contributed by atoms with van der Waals surface area (Å²) in [5.74, 6) is -0.931. The zero-order chi connectivity index (χ0) is 23.1. The number of benzene rings is 2. The van der Waals surface area contributed by atoms with E-state index in [2.05, 4.69) is 10.2 Å². The molecule has 1 amide bonds. The summed E-state index contributed by atoms with van der Waals surface area (Å²) in [6.07, 6.45) is 1.84. The first-order valence-corrected chi connectivity index (χ1v) is 10.9. The van der Waals surface area contributed by atoms with Crippen LogP contribution in [0.25, 0.3) is 0 Å². The number of carbonyl (C=O) groups excluding carboxylic acids is 2. The third-order valence-electron chi connectivity index (χ3n) is 5.35. The fourth-order valence-electron chi connectivity index (χ4n) is 3.92. The van der Waals surface area contributed by atoms with Gasteiger partial charge in [-0.25, -0.2) is 0 Å². The molecule has 0 radical (unpaired) electrons. The van der Waals surface area contributed by atoms with E-state index in [1.807, 2.05) is 18.2 Å². The van der Waals surface area contributed by atoms with Crippen molar-refractivity contribution in [1.82, 2.24) is 10.2 Å². The van der Waals surface area contributed by atoms with Crippen LogP contribution in [-0.2, 0) is 16.1 Å². The lowest BCUT2D eigenvalue weighted by molar-refractivity contribution is -0.385. The molecule has 170 valence electrons. The van der Waals surface area contributed by atoms with Crippen LogP contribution in [0.5, 0.6) is 0 Å². The molecule has 1 fully saturated rings. The number of esters is 1. The number of para-hydroxylation sites is 1. The van der Waals surface area contributed by atoms with Crippen LogP contribution >= 0.6 is 0 Å². The van der Waals surface area contributed by atoms with Crippen molar-refractivity contribution in [3.8, 4) is 0 Å². The van der Waals surface area contributed by atoms with Gasteiger partial charge in [0.15, 0.2) is 0 Å². The molecule has 1 atom stereocenters. The second-order valence-corrected chi connectivity index (χ2v) is 8.27. The van der Waals surface area contributed by atoms with Crippen LogP contribution in [0.15, 0.2) is 48.5 Å². The average molecular weight is 440 g/mol. The Labute approximate surface area is 187 Å². The molecule has 0 saturated carbocycles. The number of amides is 1. The molecule has 1 heterocycles. The second-order valence-electron chi connectivity index (χ2n) is 8.27. The first-order chi connectivity index (χ1) is 15.3. The lowest BCUT2D eigenvalue weighted by Gasteiger charge is -2.20.